The van der Waals surface area contributed by atoms with E-state index >= 15 is 0 Å². The van der Waals surface area contributed by atoms with Crippen molar-refractivity contribution in [2.24, 2.45) is 0 Å². The van der Waals surface area contributed by atoms with Gasteiger partial charge in [0.25, 0.3) is 5.91 Å². The van der Waals surface area contributed by atoms with Crippen LogP contribution < -0.4 is 10.1 Å². The van der Waals surface area contributed by atoms with E-state index in [0.717, 1.165) is 17.7 Å². The number of nitrogens with one attached hydrogen (secondary N) is 1. The van der Waals surface area contributed by atoms with Crippen molar-refractivity contribution < 1.29 is 19.4 Å². The normalized spacial score (nSPS) is 11.0. The minimum atomic E-state index is -1.33. The maximum Gasteiger partial charge on any atom is 0.347 e. The summed E-state index contributed by atoms with van der Waals surface area (Å²) in [5, 5.41) is 12.0. The van der Waals surface area contributed by atoms with E-state index in [4.69, 9.17) is 9.84 Å². The Labute approximate surface area is 141 Å². The van der Waals surface area contributed by atoms with Crippen molar-refractivity contribution >= 4 is 17.6 Å². The Kier molecular flexibility index (Phi) is 5.24. The highest BCUT2D eigenvalue weighted by Crippen LogP contribution is 2.21. The van der Waals surface area contributed by atoms with Crippen LogP contribution in [0.2, 0.25) is 0 Å². The molecule has 5 heteroatoms. The summed E-state index contributed by atoms with van der Waals surface area (Å²) in [7, 11) is 0. The number of carboxylic acid groups (broad SMARTS) is 1. The Morgan fingerprint density at radius 2 is 1.71 bits per heavy atom. The van der Waals surface area contributed by atoms with Crippen LogP contribution in [0.3, 0.4) is 0 Å². The molecule has 2 aromatic carbocycles. The second kappa shape index (κ2) is 7.17. The predicted octanol–water partition coefficient (Wildman–Crippen LogP) is 3.74. The van der Waals surface area contributed by atoms with Crippen molar-refractivity contribution in [1.82, 2.24) is 0 Å². The number of hydrogen-bond donors (Lipinski definition) is 2. The van der Waals surface area contributed by atoms with Gasteiger partial charge < -0.3 is 15.2 Å². The van der Waals surface area contributed by atoms with Crippen LogP contribution in [0.25, 0.3) is 0 Å². The average molecular weight is 327 g/mol. The number of amides is 1. The molecule has 0 spiro atoms. The zero-order chi connectivity index (χ0) is 17.7. The van der Waals surface area contributed by atoms with Crippen molar-refractivity contribution in [2.75, 3.05) is 5.32 Å². The molecule has 0 saturated carbocycles. The number of carboxylic acids is 1. The van der Waals surface area contributed by atoms with Gasteiger partial charge in [-0.2, -0.15) is 0 Å². The molecule has 5 nitrogen and oxygen atoms in total. The number of benzene rings is 2. The van der Waals surface area contributed by atoms with Crippen molar-refractivity contribution in [3.63, 3.8) is 0 Å². The lowest BCUT2D eigenvalue weighted by Gasteiger charge is -2.21. The zero-order valence-electron chi connectivity index (χ0n) is 14.0. The van der Waals surface area contributed by atoms with Crippen LogP contribution in [-0.4, -0.2) is 22.6 Å². The molecule has 2 N–H and O–H groups in total. The van der Waals surface area contributed by atoms with Gasteiger partial charge in [0.2, 0.25) is 0 Å². The van der Waals surface area contributed by atoms with Crippen molar-refractivity contribution in [1.29, 1.82) is 0 Å². The lowest BCUT2D eigenvalue weighted by molar-refractivity contribution is -0.152. The number of anilines is 1. The lowest BCUT2D eigenvalue weighted by atomic mass is 10.1. The van der Waals surface area contributed by atoms with Gasteiger partial charge in [0, 0.05) is 11.3 Å². The van der Waals surface area contributed by atoms with Crippen LogP contribution in [0.4, 0.5) is 5.69 Å². The minimum Gasteiger partial charge on any atom is -0.478 e. The van der Waals surface area contributed by atoms with Crippen LogP contribution in [0.1, 0.15) is 36.7 Å². The summed E-state index contributed by atoms with van der Waals surface area (Å²) in [6.07, 6.45) is 0.827. The molecule has 0 aromatic heterocycles. The first-order valence-electron chi connectivity index (χ1n) is 7.75. The zero-order valence-corrected chi connectivity index (χ0v) is 14.0. The Hall–Kier alpha value is -2.82. The predicted molar refractivity (Wildman–Crippen MR) is 92.6 cm³/mol. The monoisotopic (exact) mass is 327 g/mol. The second-order valence-electron chi connectivity index (χ2n) is 5.91. The molecular formula is C19H21NO4. The van der Waals surface area contributed by atoms with Crippen molar-refractivity contribution in [2.45, 2.75) is 32.8 Å². The first kappa shape index (κ1) is 17.5. The highest BCUT2D eigenvalue weighted by Gasteiger charge is 2.29. The van der Waals surface area contributed by atoms with Crippen molar-refractivity contribution in [3.05, 3.63) is 59.7 Å². The summed E-state index contributed by atoms with van der Waals surface area (Å²) in [5.74, 6) is -0.881. The topological polar surface area (TPSA) is 75.6 Å². The smallest absolute Gasteiger partial charge is 0.347 e. The second-order valence-corrected chi connectivity index (χ2v) is 5.91. The Morgan fingerprint density at radius 3 is 2.29 bits per heavy atom. The molecule has 0 fully saturated rings. The molecule has 126 valence electrons. The van der Waals surface area contributed by atoms with Crippen LogP contribution in [0, 0.1) is 0 Å². The number of aliphatic carboxylic acids is 1. The summed E-state index contributed by atoms with van der Waals surface area (Å²) in [5.41, 5.74) is 0.997. The van der Waals surface area contributed by atoms with Gasteiger partial charge in [-0.05, 0) is 56.2 Å². The van der Waals surface area contributed by atoms with Gasteiger partial charge in [-0.1, -0.05) is 25.1 Å². The lowest BCUT2D eigenvalue weighted by Crippen LogP contribution is -2.37. The molecule has 0 atom stereocenters. The molecule has 2 rings (SSSR count). The van der Waals surface area contributed by atoms with Gasteiger partial charge in [-0.25, -0.2) is 4.79 Å². The summed E-state index contributed by atoms with van der Waals surface area (Å²) in [4.78, 5) is 23.4. The molecule has 0 saturated heterocycles. The summed E-state index contributed by atoms with van der Waals surface area (Å²) >= 11 is 0. The van der Waals surface area contributed by atoms with E-state index in [-0.39, 0.29) is 5.91 Å². The Morgan fingerprint density at radius 1 is 1.08 bits per heavy atom. The van der Waals surface area contributed by atoms with Crippen molar-refractivity contribution in [3.8, 4) is 5.75 Å². The quantitative estimate of drug-likeness (QED) is 0.847. The van der Waals surface area contributed by atoms with Gasteiger partial charge in [-0.3, -0.25) is 4.79 Å². The number of aryl methyl sites for hydroxylation is 1. The van der Waals surface area contributed by atoms with E-state index in [1.807, 2.05) is 31.2 Å². The molecule has 0 aliphatic heterocycles. The molecule has 0 aliphatic carbocycles. The minimum absolute atomic E-state index is 0.222. The van der Waals surface area contributed by atoms with Gasteiger partial charge in [0.05, 0.1) is 0 Å². The highest BCUT2D eigenvalue weighted by molar-refractivity contribution is 6.04. The van der Waals surface area contributed by atoms with Crippen LogP contribution in [0.15, 0.2) is 48.5 Å². The molecule has 1 amide bonds. The van der Waals surface area contributed by atoms with Gasteiger partial charge in [0.15, 0.2) is 5.60 Å². The van der Waals surface area contributed by atoms with Gasteiger partial charge in [-0.15, -0.1) is 0 Å². The molecule has 24 heavy (non-hydrogen) atoms. The summed E-state index contributed by atoms with van der Waals surface area (Å²) in [6.45, 7) is 4.97. The Balaban J connectivity index is 2.10. The Bertz CT molecular complexity index is 735. The SMILES string of the molecule is CCc1ccccc1NC(=O)c1ccc(OC(C)(C)C(=O)O)cc1. The third kappa shape index (κ3) is 4.13. The van der Waals surface area contributed by atoms with Crippen LogP contribution in [0.5, 0.6) is 5.75 Å². The number of carbonyl (C=O) groups excluding carboxylic acids is 1. The average Bonchev–Trinajstić information content (AvgIpc) is 2.55. The van der Waals surface area contributed by atoms with E-state index in [9.17, 15) is 9.59 Å². The fraction of sp³-hybridized carbons (Fsp3) is 0.263. The summed E-state index contributed by atoms with van der Waals surface area (Å²) in [6, 6.07) is 14.0. The number of para-hydroxylation sites is 1. The number of hydrogen-bond acceptors (Lipinski definition) is 3. The fourth-order valence-corrected chi connectivity index (χ4v) is 2.16. The van der Waals surface area contributed by atoms with E-state index in [1.54, 1.807) is 24.3 Å². The third-order valence-electron chi connectivity index (χ3n) is 3.65. The molecule has 0 radical (unpaired) electrons. The first-order valence-corrected chi connectivity index (χ1v) is 7.75. The molecule has 0 bridgehead atoms. The van der Waals surface area contributed by atoms with Crippen LogP contribution >= 0.6 is 0 Å². The molecule has 0 unspecified atom stereocenters. The largest absolute Gasteiger partial charge is 0.478 e. The van der Waals surface area contributed by atoms with E-state index in [1.165, 1.54) is 13.8 Å². The van der Waals surface area contributed by atoms with E-state index in [2.05, 4.69) is 5.32 Å². The van der Waals surface area contributed by atoms with E-state index in [0.29, 0.717) is 11.3 Å². The number of rotatable bonds is 6. The highest BCUT2D eigenvalue weighted by atomic mass is 16.5. The number of carbonyl (C=O) groups is 2. The molecule has 2 aromatic rings. The number of ether oxygens (including phenoxy) is 1. The maximum atomic E-state index is 12.3. The van der Waals surface area contributed by atoms with Gasteiger partial charge >= 0.3 is 5.97 Å². The molecular weight excluding hydrogens is 306 g/mol. The molecule has 0 heterocycles. The maximum absolute atomic E-state index is 12.3. The van der Waals surface area contributed by atoms with Crippen LogP contribution in [-0.2, 0) is 11.2 Å². The molecule has 0 aliphatic rings. The first-order chi connectivity index (χ1) is 11.3. The third-order valence-corrected chi connectivity index (χ3v) is 3.65. The van der Waals surface area contributed by atoms with Gasteiger partial charge in [0.1, 0.15) is 5.75 Å². The summed E-state index contributed by atoms with van der Waals surface area (Å²) < 4.78 is 5.42. The fourth-order valence-electron chi connectivity index (χ4n) is 2.16. The van der Waals surface area contributed by atoms with E-state index < -0.39 is 11.6 Å². The standard InChI is InChI=1S/C19H21NO4/c1-4-13-7-5-6-8-16(13)20-17(21)14-9-11-15(12-10-14)24-19(2,3)18(22)23/h5-12H,4H2,1-3H3,(H,20,21)(H,22,23).